The van der Waals surface area contributed by atoms with Gasteiger partial charge in [-0.25, -0.2) is 9.18 Å². The molecule has 0 saturated heterocycles. The van der Waals surface area contributed by atoms with E-state index >= 15 is 4.39 Å². The lowest BCUT2D eigenvalue weighted by atomic mass is 9.98. The van der Waals surface area contributed by atoms with Crippen LogP contribution in [-0.4, -0.2) is 31.8 Å². The van der Waals surface area contributed by atoms with Crippen molar-refractivity contribution in [2.24, 2.45) is 0 Å². The molecule has 7 heteroatoms. The maximum Gasteiger partial charge on any atom is 0.408 e. The number of hydrogen-bond acceptors (Lipinski definition) is 5. The Labute approximate surface area is 218 Å². The smallest absolute Gasteiger partial charge is 0.408 e. The van der Waals surface area contributed by atoms with E-state index in [4.69, 9.17) is 9.47 Å². The highest BCUT2D eigenvalue weighted by atomic mass is 19.1. The van der Waals surface area contributed by atoms with Gasteiger partial charge in [0.15, 0.2) is 0 Å². The molecule has 37 heavy (non-hydrogen) atoms. The van der Waals surface area contributed by atoms with Gasteiger partial charge >= 0.3 is 12.1 Å². The number of nitrogens with one attached hydrogen (secondary N) is 1. The number of nitrogens with zero attached hydrogens (tertiary/aromatic N) is 1. The van der Waals surface area contributed by atoms with Crippen LogP contribution in [0.2, 0.25) is 0 Å². The van der Waals surface area contributed by atoms with E-state index in [2.05, 4.69) is 5.32 Å². The molecule has 0 aliphatic carbocycles. The lowest BCUT2D eigenvalue weighted by molar-refractivity contribution is -0.139. The fraction of sp³-hybridized carbons (Fsp3) is 0.333. The number of methoxy groups -OCH3 is 1. The van der Waals surface area contributed by atoms with Crippen molar-refractivity contribution in [2.45, 2.75) is 52.3 Å². The van der Waals surface area contributed by atoms with Crippen molar-refractivity contribution in [1.29, 1.82) is 0 Å². The molecule has 0 aliphatic rings. The molecule has 0 saturated carbocycles. The normalized spacial score (nSPS) is 12.0. The van der Waals surface area contributed by atoms with Crippen LogP contribution in [0.15, 0.2) is 66.7 Å². The molecule has 3 aromatic carbocycles. The monoisotopic (exact) mass is 506 g/mol. The van der Waals surface area contributed by atoms with E-state index < -0.39 is 23.6 Å². The molecular formula is C30H35FN2O4. The van der Waals surface area contributed by atoms with Crippen LogP contribution in [0.25, 0.3) is 11.1 Å². The van der Waals surface area contributed by atoms with E-state index in [0.29, 0.717) is 17.7 Å². The molecule has 3 aromatic rings. The molecular weight excluding hydrogens is 471 g/mol. The number of esters is 1. The van der Waals surface area contributed by atoms with Crippen LogP contribution in [0.5, 0.6) is 0 Å². The highest BCUT2D eigenvalue weighted by Gasteiger charge is 2.21. The molecule has 0 unspecified atom stereocenters. The number of amides is 1. The van der Waals surface area contributed by atoms with E-state index in [0.717, 1.165) is 22.4 Å². The number of carbonyl (C=O) groups is 2. The minimum atomic E-state index is -0.642. The fourth-order valence-electron chi connectivity index (χ4n) is 4.04. The van der Waals surface area contributed by atoms with Crippen LogP contribution in [0.4, 0.5) is 14.9 Å². The van der Waals surface area contributed by atoms with E-state index in [-0.39, 0.29) is 12.4 Å². The number of benzene rings is 3. The molecule has 6 nitrogen and oxygen atoms in total. The SMILES string of the molecule is COC(=O)Cc1ccccc1CN(C)c1cccc(-c2cccc([C@@H](C)NC(=O)OC(C)(C)C)c2F)c1. The average molecular weight is 507 g/mol. The second-order valence-corrected chi connectivity index (χ2v) is 10.0. The minimum absolute atomic E-state index is 0.202. The van der Waals surface area contributed by atoms with Crippen molar-refractivity contribution in [3.05, 3.63) is 89.2 Å². The second-order valence-electron chi connectivity index (χ2n) is 10.0. The van der Waals surface area contributed by atoms with E-state index in [9.17, 15) is 9.59 Å². The quantitative estimate of drug-likeness (QED) is 0.357. The molecule has 1 atom stereocenters. The van der Waals surface area contributed by atoms with Crippen LogP contribution in [-0.2, 0) is 27.2 Å². The van der Waals surface area contributed by atoms with Crippen molar-refractivity contribution in [3.63, 3.8) is 0 Å². The summed E-state index contributed by atoms with van der Waals surface area (Å²) in [5.74, 6) is -0.683. The summed E-state index contributed by atoms with van der Waals surface area (Å²) in [7, 11) is 3.33. The van der Waals surface area contributed by atoms with Gasteiger partial charge in [-0.15, -0.1) is 0 Å². The zero-order valence-corrected chi connectivity index (χ0v) is 22.3. The predicted octanol–water partition coefficient (Wildman–Crippen LogP) is 6.43. The lowest BCUT2D eigenvalue weighted by Crippen LogP contribution is -2.34. The van der Waals surface area contributed by atoms with Gasteiger partial charge in [0.05, 0.1) is 19.6 Å². The van der Waals surface area contributed by atoms with Gasteiger partial charge in [0.2, 0.25) is 0 Å². The maximum atomic E-state index is 15.6. The third kappa shape index (κ3) is 7.56. The van der Waals surface area contributed by atoms with Crippen LogP contribution in [0.1, 0.15) is 50.4 Å². The summed E-state index contributed by atoms with van der Waals surface area (Å²) in [5.41, 5.74) is 3.71. The molecule has 0 bridgehead atoms. The summed E-state index contributed by atoms with van der Waals surface area (Å²) in [4.78, 5) is 26.1. The Balaban J connectivity index is 1.82. The Bertz CT molecular complexity index is 1250. The number of rotatable bonds is 8. The Morgan fingerprint density at radius 1 is 1.00 bits per heavy atom. The molecule has 0 spiro atoms. The molecule has 1 amide bonds. The van der Waals surface area contributed by atoms with Crippen LogP contribution < -0.4 is 10.2 Å². The molecule has 0 heterocycles. The number of anilines is 1. The van der Waals surface area contributed by atoms with Crippen molar-refractivity contribution < 1.29 is 23.5 Å². The summed E-state index contributed by atoms with van der Waals surface area (Å²) >= 11 is 0. The van der Waals surface area contributed by atoms with Gasteiger partial charge in [-0.2, -0.15) is 0 Å². The van der Waals surface area contributed by atoms with Gasteiger partial charge in [-0.05, 0) is 56.5 Å². The van der Waals surface area contributed by atoms with Gasteiger partial charge in [0.25, 0.3) is 0 Å². The first kappa shape index (κ1) is 27.7. The third-order valence-corrected chi connectivity index (χ3v) is 5.91. The summed E-state index contributed by atoms with van der Waals surface area (Å²) in [6.45, 7) is 7.62. The maximum absolute atomic E-state index is 15.6. The van der Waals surface area contributed by atoms with Crippen molar-refractivity contribution >= 4 is 17.7 Å². The first-order valence-corrected chi connectivity index (χ1v) is 12.2. The summed E-state index contributed by atoms with van der Waals surface area (Å²) < 4.78 is 25.8. The molecule has 0 radical (unpaired) electrons. The molecule has 1 N–H and O–H groups in total. The standard InChI is InChI=1S/C30H35FN2O4/c1-20(32-29(35)37-30(2,3)4)25-15-10-16-26(28(25)31)22-13-9-14-24(17-22)33(5)19-23-12-8-7-11-21(23)18-27(34)36-6/h7-17,20H,18-19H2,1-6H3,(H,32,35)/t20-/m1/s1. The van der Waals surface area contributed by atoms with Gasteiger partial charge in [0.1, 0.15) is 11.4 Å². The van der Waals surface area contributed by atoms with Crippen LogP contribution in [0.3, 0.4) is 0 Å². The van der Waals surface area contributed by atoms with Gasteiger partial charge in [0, 0.05) is 30.4 Å². The Hall–Kier alpha value is -3.87. The largest absolute Gasteiger partial charge is 0.469 e. The van der Waals surface area contributed by atoms with E-state index in [1.165, 1.54) is 7.11 Å². The van der Waals surface area contributed by atoms with E-state index in [1.54, 1.807) is 45.9 Å². The van der Waals surface area contributed by atoms with Crippen LogP contribution in [0, 0.1) is 5.82 Å². The van der Waals surface area contributed by atoms with Gasteiger partial charge < -0.3 is 19.7 Å². The predicted molar refractivity (Wildman–Crippen MR) is 144 cm³/mol. The second kappa shape index (κ2) is 11.9. The van der Waals surface area contributed by atoms with E-state index in [1.807, 2.05) is 60.5 Å². The molecule has 0 fully saturated rings. The number of ether oxygens (including phenoxy) is 2. The third-order valence-electron chi connectivity index (χ3n) is 5.91. The molecule has 0 aromatic heterocycles. The molecule has 3 rings (SSSR count). The Morgan fingerprint density at radius 3 is 2.35 bits per heavy atom. The van der Waals surface area contributed by atoms with Crippen molar-refractivity contribution in [2.75, 3.05) is 19.1 Å². The van der Waals surface area contributed by atoms with Gasteiger partial charge in [-0.3, -0.25) is 4.79 Å². The van der Waals surface area contributed by atoms with Crippen LogP contribution >= 0.6 is 0 Å². The fourth-order valence-corrected chi connectivity index (χ4v) is 4.04. The minimum Gasteiger partial charge on any atom is -0.469 e. The average Bonchev–Trinajstić information content (AvgIpc) is 2.84. The highest BCUT2D eigenvalue weighted by Crippen LogP contribution is 2.31. The Morgan fingerprint density at radius 2 is 1.68 bits per heavy atom. The number of hydrogen-bond donors (Lipinski definition) is 1. The number of halogens is 1. The first-order chi connectivity index (χ1) is 17.5. The summed E-state index contributed by atoms with van der Waals surface area (Å²) in [5, 5.41) is 2.71. The number of alkyl carbamates (subject to hydrolysis) is 1. The zero-order chi connectivity index (χ0) is 27.2. The van der Waals surface area contributed by atoms with Gasteiger partial charge in [-0.1, -0.05) is 54.6 Å². The van der Waals surface area contributed by atoms with Crippen molar-refractivity contribution in [1.82, 2.24) is 5.32 Å². The summed E-state index contributed by atoms with van der Waals surface area (Å²) in [6, 6.07) is 20.0. The van der Waals surface area contributed by atoms with Crippen molar-refractivity contribution in [3.8, 4) is 11.1 Å². The summed E-state index contributed by atoms with van der Waals surface area (Å²) in [6.07, 6.45) is -0.394. The first-order valence-electron chi connectivity index (χ1n) is 12.2. The molecule has 0 aliphatic heterocycles. The highest BCUT2D eigenvalue weighted by molar-refractivity contribution is 5.73. The molecule has 196 valence electrons. The Kier molecular flexibility index (Phi) is 8.92. The zero-order valence-electron chi connectivity index (χ0n) is 22.3. The topological polar surface area (TPSA) is 67.9 Å². The lowest BCUT2D eigenvalue weighted by Gasteiger charge is -2.23. The number of carbonyl (C=O) groups excluding carboxylic acids is 2.